The number of carboxylic acids is 1. The Morgan fingerprint density at radius 3 is 2.79 bits per heavy atom. The zero-order valence-electron chi connectivity index (χ0n) is 10.4. The van der Waals surface area contributed by atoms with Crippen molar-refractivity contribution in [2.45, 2.75) is 12.8 Å². The third kappa shape index (κ3) is 3.00. The number of benzene rings is 1. The molecule has 0 aliphatic carbocycles. The van der Waals surface area contributed by atoms with Crippen molar-refractivity contribution in [3.8, 4) is 5.75 Å². The number of nitrogens with zero attached hydrogens (tertiary/aromatic N) is 1. The lowest BCUT2D eigenvalue weighted by Gasteiger charge is -2.10. The van der Waals surface area contributed by atoms with Gasteiger partial charge in [-0.1, -0.05) is 18.2 Å². The third-order valence-corrected chi connectivity index (χ3v) is 2.76. The Labute approximate surface area is 110 Å². The summed E-state index contributed by atoms with van der Waals surface area (Å²) in [7, 11) is 0. The molecule has 1 heterocycles. The molecule has 0 unspecified atom stereocenters. The van der Waals surface area contributed by atoms with Crippen molar-refractivity contribution in [1.82, 2.24) is 4.98 Å². The number of rotatable bonds is 6. The van der Waals surface area contributed by atoms with Gasteiger partial charge in [-0.2, -0.15) is 0 Å². The number of pyridine rings is 1. The van der Waals surface area contributed by atoms with Gasteiger partial charge in [-0.15, -0.1) is 0 Å². The monoisotopic (exact) mass is 261 g/mol. The van der Waals surface area contributed by atoms with Crippen LogP contribution in [0.1, 0.15) is 23.2 Å². The van der Waals surface area contributed by atoms with Crippen LogP contribution in [0.15, 0.2) is 30.5 Å². The van der Waals surface area contributed by atoms with Crippen LogP contribution in [0, 0.1) is 0 Å². The molecule has 0 amide bonds. The highest BCUT2D eigenvalue weighted by atomic mass is 16.5. The van der Waals surface area contributed by atoms with Gasteiger partial charge in [0.15, 0.2) is 5.75 Å². The fourth-order valence-corrected chi connectivity index (χ4v) is 1.85. The van der Waals surface area contributed by atoms with E-state index in [4.69, 9.17) is 9.84 Å². The summed E-state index contributed by atoms with van der Waals surface area (Å²) in [4.78, 5) is 15.6. The Bertz CT molecular complexity index is 583. The highest BCUT2D eigenvalue weighted by molar-refractivity contribution is 6.04. The van der Waals surface area contributed by atoms with Gasteiger partial charge < -0.3 is 14.9 Å². The first-order chi connectivity index (χ1) is 9.24. The summed E-state index contributed by atoms with van der Waals surface area (Å²) in [5, 5.41) is 18.6. The largest absolute Gasteiger partial charge is 0.491 e. The molecule has 5 heteroatoms. The van der Waals surface area contributed by atoms with Crippen molar-refractivity contribution in [2.75, 3.05) is 13.2 Å². The van der Waals surface area contributed by atoms with Gasteiger partial charge in [0, 0.05) is 12.0 Å². The number of ether oxygens (including phenoxy) is 1. The number of unbranched alkanes of at least 4 members (excludes halogenated alkanes) is 1. The lowest BCUT2D eigenvalue weighted by molar-refractivity contribution is 0.0694. The average Bonchev–Trinajstić information content (AvgIpc) is 2.42. The predicted octanol–water partition coefficient (Wildman–Crippen LogP) is 2.08. The number of fused-ring (bicyclic) bond motifs is 1. The van der Waals surface area contributed by atoms with Crippen LogP contribution in [0.5, 0.6) is 5.75 Å². The van der Waals surface area contributed by atoms with Gasteiger partial charge in [-0.25, -0.2) is 4.79 Å². The lowest BCUT2D eigenvalue weighted by atomic mass is 10.1. The van der Waals surface area contributed by atoms with Crippen molar-refractivity contribution in [1.29, 1.82) is 0 Å². The minimum atomic E-state index is -1.03. The molecule has 0 aliphatic rings. The first-order valence-electron chi connectivity index (χ1n) is 6.08. The number of hydrogen-bond acceptors (Lipinski definition) is 4. The Morgan fingerprint density at radius 1 is 1.26 bits per heavy atom. The maximum Gasteiger partial charge on any atom is 0.340 e. The zero-order chi connectivity index (χ0) is 13.7. The number of carboxylic acid groups (broad SMARTS) is 1. The van der Waals surface area contributed by atoms with E-state index in [1.165, 1.54) is 6.20 Å². The minimum absolute atomic E-state index is 0.102. The van der Waals surface area contributed by atoms with Crippen molar-refractivity contribution >= 4 is 16.9 Å². The van der Waals surface area contributed by atoms with Crippen LogP contribution in [0.3, 0.4) is 0 Å². The maximum atomic E-state index is 11.4. The van der Waals surface area contributed by atoms with Crippen LogP contribution < -0.4 is 4.74 Å². The molecule has 0 saturated carbocycles. The summed E-state index contributed by atoms with van der Waals surface area (Å²) in [6.07, 6.45) is 2.73. The predicted molar refractivity (Wildman–Crippen MR) is 70.5 cm³/mol. The SMILES string of the molecule is O=C(O)c1c(OCCCCO)cnc2ccccc12. The van der Waals surface area contributed by atoms with Gasteiger partial charge in [-0.3, -0.25) is 4.98 Å². The van der Waals surface area contributed by atoms with E-state index in [2.05, 4.69) is 4.98 Å². The van der Waals surface area contributed by atoms with E-state index in [9.17, 15) is 9.90 Å². The molecule has 100 valence electrons. The molecule has 2 N–H and O–H groups in total. The second-order valence-electron chi connectivity index (χ2n) is 4.10. The second-order valence-corrected chi connectivity index (χ2v) is 4.10. The lowest BCUT2D eigenvalue weighted by Crippen LogP contribution is -2.06. The van der Waals surface area contributed by atoms with E-state index in [0.29, 0.717) is 30.4 Å². The smallest absolute Gasteiger partial charge is 0.340 e. The van der Waals surface area contributed by atoms with Gasteiger partial charge in [0.05, 0.1) is 18.3 Å². The van der Waals surface area contributed by atoms with Crippen molar-refractivity contribution < 1.29 is 19.7 Å². The van der Waals surface area contributed by atoms with Crippen LogP contribution in [0.2, 0.25) is 0 Å². The second kappa shape index (κ2) is 6.15. The van der Waals surface area contributed by atoms with E-state index in [-0.39, 0.29) is 17.9 Å². The van der Waals surface area contributed by atoms with Gasteiger partial charge in [-0.05, 0) is 18.9 Å². The molecule has 0 bridgehead atoms. The molecule has 0 fully saturated rings. The summed E-state index contributed by atoms with van der Waals surface area (Å²) in [5.41, 5.74) is 0.761. The number of aromatic nitrogens is 1. The normalized spacial score (nSPS) is 10.6. The van der Waals surface area contributed by atoms with Crippen LogP contribution in [-0.4, -0.2) is 34.4 Å². The molecule has 0 spiro atoms. The highest BCUT2D eigenvalue weighted by Crippen LogP contribution is 2.26. The summed E-state index contributed by atoms with van der Waals surface area (Å²) >= 11 is 0. The van der Waals surface area contributed by atoms with E-state index >= 15 is 0 Å². The summed E-state index contributed by atoms with van der Waals surface area (Å²) in [5.74, 6) is -0.764. The van der Waals surface area contributed by atoms with Crippen LogP contribution in [0.25, 0.3) is 10.9 Å². The molecule has 0 radical (unpaired) electrons. The van der Waals surface area contributed by atoms with Gasteiger partial charge in [0.25, 0.3) is 0 Å². The van der Waals surface area contributed by atoms with Gasteiger partial charge >= 0.3 is 5.97 Å². The summed E-state index contributed by atoms with van der Waals surface area (Å²) in [6.45, 7) is 0.464. The van der Waals surface area contributed by atoms with Crippen LogP contribution >= 0.6 is 0 Å². The fourth-order valence-electron chi connectivity index (χ4n) is 1.85. The summed E-state index contributed by atoms with van der Waals surface area (Å²) < 4.78 is 5.45. The number of carbonyl (C=O) groups is 1. The highest BCUT2D eigenvalue weighted by Gasteiger charge is 2.16. The summed E-state index contributed by atoms with van der Waals surface area (Å²) in [6, 6.07) is 7.05. The molecular weight excluding hydrogens is 246 g/mol. The number of aliphatic hydroxyl groups excluding tert-OH is 1. The minimum Gasteiger partial charge on any atom is -0.491 e. The Balaban J connectivity index is 2.32. The molecular formula is C14H15NO4. The zero-order valence-corrected chi connectivity index (χ0v) is 10.4. The van der Waals surface area contributed by atoms with Crippen molar-refractivity contribution in [3.05, 3.63) is 36.0 Å². The number of para-hydroxylation sites is 1. The molecule has 0 atom stereocenters. The van der Waals surface area contributed by atoms with Crippen LogP contribution in [-0.2, 0) is 0 Å². The fraction of sp³-hybridized carbons (Fsp3) is 0.286. The first kappa shape index (κ1) is 13.3. The number of aromatic carboxylic acids is 1. The van der Waals surface area contributed by atoms with E-state index in [0.717, 1.165) is 0 Å². The van der Waals surface area contributed by atoms with E-state index < -0.39 is 5.97 Å². The standard InChI is InChI=1S/C14H15NO4/c16-7-3-4-8-19-12-9-15-11-6-2-1-5-10(11)13(12)14(17)18/h1-2,5-6,9,16H,3-4,7-8H2,(H,17,18). The third-order valence-electron chi connectivity index (χ3n) is 2.76. The van der Waals surface area contributed by atoms with Crippen molar-refractivity contribution in [3.63, 3.8) is 0 Å². The maximum absolute atomic E-state index is 11.4. The van der Waals surface area contributed by atoms with E-state index in [1.807, 2.05) is 6.07 Å². The molecule has 2 rings (SSSR count). The van der Waals surface area contributed by atoms with Crippen LogP contribution in [0.4, 0.5) is 0 Å². The average molecular weight is 261 g/mol. The van der Waals surface area contributed by atoms with E-state index in [1.54, 1.807) is 18.2 Å². The molecule has 1 aromatic carbocycles. The van der Waals surface area contributed by atoms with Crippen molar-refractivity contribution in [2.24, 2.45) is 0 Å². The molecule has 1 aromatic heterocycles. The first-order valence-corrected chi connectivity index (χ1v) is 6.08. The number of aliphatic hydroxyl groups is 1. The molecule has 0 saturated heterocycles. The quantitative estimate of drug-likeness (QED) is 0.778. The molecule has 2 aromatic rings. The van der Waals surface area contributed by atoms with Gasteiger partial charge in [0.1, 0.15) is 5.56 Å². The molecule has 5 nitrogen and oxygen atoms in total. The molecule has 0 aliphatic heterocycles. The Hall–Kier alpha value is -2.14. The topological polar surface area (TPSA) is 79.7 Å². The number of hydrogen-bond donors (Lipinski definition) is 2. The van der Waals surface area contributed by atoms with Gasteiger partial charge in [0.2, 0.25) is 0 Å². The Kier molecular flexibility index (Phi) is 4.30. The molecule has 19 heavy (non-hydrogen) atoms. The Morgan fingerprint density at radius 2 is 2.05 bits per heavy atom.